The number of rotatable bonds is 2. The molecule has 0 aromatic heterocycles. The summed E-state index contributed by atoms with van der Waals surface area (Å²) < 4.78 is 0.661. The molecule has 1 aliphatic heterocycles. The molecule has 5 heteroatoms. The van der Waals surface area contributed by atoms with Crippen LogP contribution in [0.3, 0.4) is 0 Å². The van der Waals surface area contributed by atoms with Gasteiger partial charge in [0, 0.05) is 28.8 Å². The lowest BCUT2D eigenvalue weighted by Crippen LogP contribution is -2.35. The van der Waals surface area contributed by atoms with E-state index in [-0.39, 0.29) is 13.0 Å². The molecule has 15 heavy (non-hydrogen) atoms. The Morgan fingerprint density at radius 1 is 1.47 bits per heavy atom. The summed E-state index contributed by atoms with van der Waals surface area (Å²) in [7, 11) is 0. The van der Waals surface area contributed by atoms with Crippen molar-refractivity contribution < 1.29 is 15.0 Å². The minimum Gasteiger partial charge on any atom is -0.396 e. The Kier molecular flexibility index (Phi) is 2.54. The van der Waals surface area contributed by atoms with Crippen molar-refractivity contribution in [3.05, 3.63) is 28.2 Å². The van der Waals surface area contributed by atoms with E-state index in [0.717, 1.165) is 0 Å². The summed E-state index contributed by atoms with van der Waals surface area (Å²) >= 11 is 3.29. The Morgan fingerprint density at radius 2 is 2.20 bits per heavy atom. The highest BCUT2D eigenvalue weighted by Gasteiger charge is 2.45. The molecule has 1 amide bonds. The number of nitrogens with one attached hydrogen (secondary N) is 1. The van der Waals surface area contributed by atoms with Crippen LogP contribution in [0, 0.1) is 0 Å². The van der Waals surface area contributed by atoms with Crippen molar-refractivity contribution in [2.24, 2.45) is 0 Å². The van der Waals surface area contributed by atoms with Crippen molar-refractivity contribution in [1.82, 2.24) is 0 Å². The topological polar surface area (TPSA) is 69.6 Å². The molecule has 1 aliphatic rings. The van der Waals surface area contributed by atoms with Gasteiger partial charge in [0.15, 0.2) is 5.60 Å². The number of hydrogen-bond acceptors (Lipinski definition) is 3. The molecule has 1 heterocycles. The van der Waals surface area contributed by atoms with Crippen molar-refractivity contribution in [3.8, 4) is 0 Å². The van der Waals surface area contributed by atoms with Crippen molar-refractivity contribution in [2.45, 2.75) is 12.0 Å². The molecule has 2 rings (SSSR count). The third-order valence-electron chi connectivity index (χ3n) is 2.52. The highest BCUT2D eigenvalue weighted by Crippen LogP contribution is 2.42. The molecule has 0 aliphatic carbocycles. The van der Waals surface area contributed by atoms with Crippen molar-refractivity contribution in [1.29, 1.82) is 0 Å². The minimum atomic E-state index is -1.62. The Labute approximate surface area is 95.1 Å². The van der Waals surface area contributed by atoms with Gasteiger partial charge in [-0.1, -0.05) is 22.0 Å². The SMILES string of the molecule is O=C1Nc2cccc(Br)c2[C@@]1(O)CCO. The second kappa shape index (κ2) is 3.59. The van der Waals surface area contributed by atoms with Crippen LogP contribution in [-0.4, -0.2) is 22.7 Å². The Balaban J connectivity index is 2.57. The van der Waals surface area contributed by atoms with Gasteiger partial charge in [-0.15, -0.1) is 0 Å². The van der Waals surface area contributed by atoms with Gasteiger partial charge in [-0.25, -0.2) is 0 Å². The average molecular weight is 272 g/mol. The van der Waals surface area contributed by atoms with Crippen LogP contribution in [0.4, 0.5) is 5.69 Å². The number of carbonyl (C=O) groups is 1. The lowest BCUT2D eigenvalue weighted by molar-refractivity contribution is -0.135. The first-order valence-corrected chi connectivity index (χ1v) is 5.32. The standard InChI is InChI=1S/C10H10BrNO3/c11-6-2-1-3-7-8(6)10(15,4-5-13)9(14)12-7/h1-3,13,15H,4-5H2,(H,12,14)/t10-/m0/s1. The number of aliphatic hydroxyl groups is 2. The fraction of sp³-hybridized carbons (Fsp3) is 0.300. The number of fused-ring (bicyclic) bond motifs is 1. The third-order valence-corrected chi connectivity index (χ3v) is 3.19. The van der Waals surface area contributed by atoms with E-state index in [0.29, 0.717) is 15.7 Å². The first-order valence-electron chi connectivity index (χ1n) is 4.53. The van der Waals surface area contributed by atoms with Crippen LogP contribution < -0.4 is 5.32 Å². The fourth-order valence-corrected chi connectivity index (χ4v) is 2.48. The number of anilines is 1. The first kappa shape index (κ1) is 10.6. The quantitative estimate of drug-likeness (QED) is 0.751. The van der Waals surface area contributed by atoms with E-state index in [9.17, 15) is 9.90 Å². The fourth-order valence-electron chi connectivity index (χ4n) is 1.79. The normalized spacial score (nSPS) is 23.8. The minimum absolute atomic E-state index is 0.00551. The van der Waals surface area contributed by atoms with Crippen molar-refractivity contribution in [2.75, 3.05) is 11.9 Å². The van der Waals surface area contributed by atoms with Gasteiger partial charge in [-0.2, -0.15) is 0 Å². The van der Waals surface area contributed by atoms with E-state index >= 15 is 0 Å². The Hall–Kier alpha value is -0.910. The first-order chi connectivity index (χ1) is 7.09. The monoisotopic (exact) mass is 271 g/mol. The van der Waals surface area contributed by atoms with Crippen LogP contribution in [0.25, 0.3) is 0 Å². The van der Waals surface area contributed by atoms with E-state index in [4.69, 9.17) is 5.11 Å². The molecule has 0 saturated heterocycles. The van der Waals surface area contributed by atoms with Gasteiger partial charge in [0.25, 0.3) is 5.91 Å². The summed E-state index contributed by atoms with van der Waals surface area (Å²) in [5.74, 6) is -0.488. The predicted octanol–water partition coefficient (Wildman–Crippen LogP) is 0.971. The van der Waals surface area contributed by atoms with Gasteiger partial charge in [0.2, 0.25) is 0 Å². The molecule has 0 unspecified atom stereocenters. The van der Waals surface area contributed by atoms with Gasteiger partial charge < -0.3 is 15.5 Å². The second-order valence-corrected chi connectivity index (χ2v) is 4.30. The second-order valence-electron chi connectivity index (χ2n) is 3.45. The summed E-state index contributed by atoms with van der Waals surface area (Å²) in [6.45, 7) is -0.245. The Bertz CT molecular complexity index is 421. The molecule has 4 nitrogen and oxygen atoms in total. The molecular weight excluding hydrogens is 262 g/mol. The zero-order valence-corrected chi connectivity index (χ0v) is 9.41. The zero-order valence-electron chi connectivity index (χ0n) is 7.83. The lowest BCUT2D eigenvalue weighted by Gasteiger charge is -2.20. The average Bonchev–Trinajstić information content (AvgIpc) is 2.41. The van der Waals surface area contributed by atoms with Gasteiger partial charge in [-0.3, -0.25) is 4.79 Å². The van der Waals surface area contributed by atoms with Gasteiger partial charge in [0.05, 0.1) is 0 Å². The van der Waals surface area contributed by atoms with Crippen LogP contribution >= 0.6 is 15.9 Å². The van der Waals surface area contributed by atoms with E-state index in [1.807, 2.05) is 0 Å². The molecule has 1 aromatic rings. The number of benzene rings is 1. The molecular formula is C10H10BrNO3. The Morgan fingerprint density at radius 3 is 2.87 bits per heavy atom. The molecule has 0 spiro atoms. The van der Waals surface area contributed by atoms with Crippen LogP contribution in [-0.2, 0) is 10.4 Å². The third kappa shape index (κ3) is 1.47. The summed E-state index contributed by atoms with van der Waals surface area (Å²) in [6, 6.07) is 5.24. The predicted molar refractivity (Wildman–Crippen MR) is 58.4 cm³/mol. The van der Waals surface area contributed by atoms with E-state index in [1.165, 1.54) is 0 Å². The van der Waals surface area contributed by atoms with E-state index in [2.05, 4.69) is 21.2 Å². The van der Waals surface area contributed by atoms with Gasteiger partial charge >= 0.3 is 0 Å². The maximum Gasteiger partial charge on any atom is 0.261 e. The van der Waals surface area contributed by atoms with Gasteiger partial charge in [-0.05, 0) is 12.1 Å². The summed E-state index contributed by atoms with van der Waals surface area (Å²) in [6.07, 6.45) is -0.00551. The molecule has 1 aromatic carbocycles. The zero-order chi connectivity index (χ0) is 11.1. The van der Waals surface area contributed by atoms with Crippen molar-refractivity contribution in [3.63, 3.8) is 0 Å². The number of amides is 1. The summed E-state index contributed by atoms with van der Waals surface area (Å²) in [4.78, 5) is 11.6. The number of aliphatic hydroxyl groups excluding tert-OH is 1. The van der Waals surface area contributed by atoms with Crippen molar-refractivity contribution >= 4 is 27.5 Å². The van der Waals surface area contributed by atoms with E-state index < -0.39 is 11.5 Å². The van der Waals surface area contributed by atoms with Crippen LogP contribution in [0.5, 0.6) is 0 Å². The molecule has 0 saturated carbocycles. The molecule has 3 N–H and O–H groups in total. The van der Waals surface area contributed by atoms with Gasteiger partial charge in [0.1, 0.15) is 0 Å². The van der Waals surface area contributed by atoms with E-state index in [1.54, 1.807) is 18.2 Å². The van der Waals surface area contributed by atoms with Crippen LogP contribution in [0.2, 0.25) is 0 Å². The molecule has 0 radical (unpaired) electrons. The smallest absolute Gasteiger partial charge is 0.261 e. The summed E-state index contributed by atoms with van der Waals surface area (Å²) in [5, 5.41) is 21.6. The maximum absolute atomic E-state index is 11.6. The number of halogens is 1. The summed E-state index contributed by atoms with van der Waals surface area (Å²) in [5.41, 5.74) is -0.529. The largest absolute Gasteiger partial charge is 0.396 e. The van der Waals surface area contributed by atoms with Crippen LogP contribution in [0.15, 0.2) is 22.7 Å². The maximum atomic E-state index is 11.6. The molecule has 0 bridgehead atoms. The molecule has 1 atom stereocenters. The highest BCUT2D eigenvalue weighted by atomic mass is 79.9. The van der Waals surface area contributed by atoms with Crippen LogP contribution in [0.1, 0.15) is 12.0 Å². The molecule has 80 valence electrons. The number of hydrogen-bond donors (Lipinski definition) is 3. The number of carbonyl (C=O) groups excluding carboxylic acids is 1. The highest BCUT2D eigenvalue weighted by molar-refractivity contribution is 9.10. The molecule has 0 fully saturated rings. The lowest BCUT2D eigenvalue weighted by atomic mass is 9.92.